The average Bonchev–Trinajstić information content (AvgIpc) is 3.11. The van der Waals surface area contributed by atoms with Crippen molar-refractivity contribution in [3.8, 4) is 5.75 Å². The Bertz CT molecular complexity index is 419. The Hall–Kier alpha value is -0.440. The molecule has 0 spiro atoms. The number of aryl methyl sites for hydroxylation is 1. The molecule has 0 heterocycles. The quantitative estimate of drug-likeness (QED) is 0.857. The van der Waals surface area contributed by atoms with E-state index in [0.29, 0.717) is 5.02 Å². The summed E-state index contributed by atoms with van der Waals surface area (Å²) in [6.07, 6.45) is 4.37. The largest absolute Gasteiger partial charge is 0.491 e. The molecular weight excluding hydrogens is 281 g/mol. The van der Waals surface area contributed by atoms with Crippen molar-refractivity contribution in [1.82, 2.24) is 0 Å². The van der Waals surface area contributed by atoms with E-state index in [2.05, 4.69) is 19.9 Å². The van der Waals surface area contributed by atoms with Crippen LogP contribution in [0.4, 0.5) is 0 Å². The SMILES string of the molecule is CCC(N)Cc1cc(C)cc(Cl)c1OCC1CC1.Cl. The third-order valence-corrected chi connectivity index (χ3v) is 3.71. The van der Waals surface area contributed by atoms with Gasteiger partial charge in [0.2, 0.25) is 0 Å². The Morgan fingerprint density at radius 1 is 1.42 bits per heavy atom. The number of hydrogen-bond donors (Lipinski definition) is 1. The van der Waals surface area contributed by atoms with E-state index in [4.69, 9.17) is 22.1 Å². The summed E-state index contributed by atoms with van der Waals surface area (Å²) < 4.78 is 5.90. The van der Waals surface area contributed by atoms with E-state index >= 15 is 0 Å². The molecule has 1 aliphatic rings. The van der Waals surface area contributed by atoms with Crippen molar-refractivity contribution in [3.63, 3.8) is 0 Å². The molecule has 1 aromatic carbocycles. The predicted molar refractivity (Wildman–Crippen MR) is 83.6 cm³/mol. The minimum atomic E-state index is 0. The lowest BCUT2D eigenvalue weighted by Crippen LogP contribution is -2.22. The molecule has 2 N–H and O–H groups in total. The van der Waals surface area contributed by atoms with Crippen molar-refractivity contribution in [1.29, 1.82) is 0 Å². The third kappa shape index (κ3) is 4.87. The van der Waals surface area contributed by atoms with Crippen LogP contribution in [0.3, 0.4) is 0 Å². The van der Waals surface area contributed by atoms with E-state index in [0.717, 1.165) is 42.2 Å². The fourth-order valence-electron chi connectivity index (χ4n) is 2.03. The molecule has 0 saturated heterocycles. The second kappa shape index (κ2) is 7.37. The number of nitrogens with two attached hydrogens (primary N) is 1. The molecule has 0 aromatic heterocycles. The van der Waals surface area contributed by atoms with Gasteiger partial charge in [-0.2, -0.15) is 0 Å². The van der Waals surface area contributed by atoms with Gasteiger partial charge in [0, 0.05) is 6.04 Å². The summed E-state index contributed by atoms with van der Waals surface area (Å²) in [7, 11) is 0. The molecule has 0 radical (unpaired) electrons. The maximum absolute atomic E-state index is 6.30. The summed E-state index contributed by atoms with van der Waals surface area (Å²) >= 11 is 6.30. The molecule has 1 unspecified atom stereocenters. The van der Waals surface area contributed by atoms with Crippen LogP contribution in [-0.2, 0) is 6.42 Å². The van der Waals surface area contributed by atoms with Gasteiger partial charge < -0.3 is 10.5 Å². The van der Waals surface area contributed by atoms with Crippen molar-refractivity contribution < 1.29 is 4.74 Å². The lowest BCUT2D eigenvalue weighted by atomic mass is 10.0. The maximum Gasteiger partial charge on any atom is 0.141 e. The number of halogens is 2. The van der Waals surface area contributed by atoms with Gasteiger partial charge >= 0.3 is 0 Å². The van der Waals surface area contributed by atoms with Crippen LogP contribution in [-0.4, -0.2) is 12.6 Å². The Labute approximate surface area is 127 Å². The fraction of sp³-hybridized carbons (Fsp3) is 0.600. The highest BCUT2D eigenvalue weighted by Gasteiger charge is 2.23. The van der Waals surface area contributed by atoms with Crippen LogP contribution < -0.4 is 10.5 Å². The molecule has 108 valence electrons. The first-order valence-corrected chi connectivity index (χ1v) is 7.15. The van der Waals surface area contributed by atoms with Crippen LogP contribution in [0.25, 0.3) is 0 Å². The molecule has 1 fully saturated rings. The molecule has 0 bridgehead atoms. The van der Waals surface area contributed by atoms with E-state index in [1.54, 1.807) is 0 Å². The van der Waals surface area contributed by atoms with Gasteiger partial charge in [-0.15, -0.1) is 12.4 Å². The Morgan fingerprint density at radius 3 is 2.68 bits per heavy atom. The number of rotatable bonds is 6. The van der Waals surface area contributed by atoms with Crippen molar-refractivity contribution in [2.24, 2.45) is 11.7 Å². The topological polar surface area (TPSA) is 35.2 Å². The summed E-state index contributed by atoms with van der Waals surface area (Å²) in [4.78, 5) is 0. The second-order valence-corrected chi connectivity index (χ2v) is 5.77. The van der Waals surface area contributed by atoms with Crippen molar-refractivity contribution in [2.45, 2.75) is 45.6 Å². The second-order valence-electron chi connectivity index (χ2n) is 5.36. The van der Waals surface area contributed by atoms with Crippen LogP contribution in [0.1, 0.15) is 37.3 Å². The van der Waals surface area contributed by atoms with Crippen LogP contribution in [0, 0.1) is 12.8 Å². The van der Waals surface area contributed by atoms with Crippen LogP contribution in [0.5, 0.6) is 5.75 Å². The smallest absolute Gasteiger partial charge is 0.141 e. The monoisotopic (exact) mass is 303 g/mol. The van der Waals surface area contributed by atoms with Gasteiger partial charge in [-0.3, -0.25) is 0 Å². The number of ether oxygens (including phenoxy) is 1. The van der Waals surface area contributed by atoms with Gasteiger partial charge in [0.05, 0.1) is 11.6 Å². The molecule has 2 rings (SSSR count). The predicted octanol–water partition coefficient (Wildman–Crippen LogP) is 4.14. The van der Waals surface area contributed by atoms with E-state index in [9.17, 15) is 0 Å². The molecular formula is C15H23Cl2NO. The average molecular weight is 304 g/mol. The number of benzene rings is 1. The van der Waals surface area contributed by atoms with Crippen molar-refractivity contribution in [2.75, 3.05) is 6.61 Å². The van der Waals surface area contributed by atoms with Gasteiger partial charge in [0.15, 0.2) is 0 Å². The summed E-state index contributed by atoms with van der Waals surface area (Å²) in [5, 5.41) is 0.717. The summed E-state index contributed by atoms with van der Waals surface area (Å²) in [6, 6.07) is 4.28. The summed E-state index contributed by atoms with van der Waals surface area (Å²) in [6.45, 7) is 4.95. The van der Waals surface area contributed by atoms with E-state index in [-0.39, 0.29) is 18.4 Å². The highest BCUT2D eigenvalue weighted by atomic mass is 35.5. The zero-order chi connectivity index (χ0) is 13.1. The normalized spacial score (nSPS) is 15.8. The minimum Gasteiger partial charge on any atom is -0.491 e. The molecule has 1 aliphatic carbocycles. The molecule has 2 nitrogen and oxygen atoms in total. The summed E-state index contributed by atoms with van der Waals surface area (Å²) in [5.41, 5.74) is 8.36. The van der Waals surface area contributed by atoms with E-state index in [1.807, 2.05) is 6.07 Å². The van der Waals surface area contributed by atoms with Crippen LogP contribution in [0.15, 0.2) is 12.1 Å². The Balaban J connectivity index is 0.00000180. The first-order chi connectivity index (χ1) is 8.60. The highest BCUT2D eigenvalue weighted by molar-refractivity contribution is 6.32. The minimum absolute atomic E-state index is 0. The molecule has 1 aromatic rings. The zero-order valence-corrected chi connectivity index (χ0v) is 13.2. The Morgan fingerprint density at radius 2 is 2.11 bits per heavy atom. The standard InChI is InChI=1S/C15H22ClNO.ClH/c1-3-13(17)8-12-6-10(2)7-14(16)15(12)18-9-11-4-5-11;/h6-7,11,13H,3-5,8-9,17H2,1-2H3;1H. The van der Waals surface area contributed by atoms with Gasteiger partial charge in [-0.1, -0.05) is 24.6 Å². The molecule has 0 amide bonds. The zero-order valence-electron chi connectivity index (χ0n) is 11.6. The molecule has 1 atom stereocenters. The number of hydrogen-bond acceptors (Lipinski definition) is 2. The lowest BCUT2D eigenvalue weighted by molar-refractivity contribution is 0.296. The van der Waals surface area contributed by atoms with E-state index in [1.165, 1.54) is 12.8 Å². The fourth-order valence-corrected chi connectivity index (χ4v) is 2.37. The van der Waals surface area contributed by atoms with Crippen LogP contribution >= 0.6 is 24.0 Å². The van der Waals surface area contributed by atoms with Gasteiger partial charge in [0.1, 0.15) is 5.75 Å². The highest BCUT2D eigenvalue weighted by Crippen LogP contribution is 2.35. The first-order valence-electron chi connectivity index (χ1n) is 6.77. The Kier molecular flexibility index (Phi) is 6.45. The van der Waals surface area contributed by atoms with Crippen LogP contribution in [0.2, 0.25) is 5.02 Å². The van der Waals surface area contributed by atoms with Crippen molar-refractivity contribution in [3.05, 3.63) is 28.3 Å². The molecule has 1 saturated carbocycles. The van der Waals surface area contributed by atoms with Gasteiger partial charge in [0.25, 0.3) is 0 Å². The molecule has 0 aliphatic heterocycles. The van der Waals surface area contributed by atoms with E-state index < -0.39 is 0 Å². The van der Waals surface area contributed by atoms with Gasteiger partial charge in [-0.25, -0.2) is 0 Å². The molecule has 4 heteroatoms. The lowest BCUT2D eigenvalue weighted by Gasteiger charge is -2.16. The maximum atomic E-state index is 6.30. The van der Waals surface area contributed by atoms with Crippen molar-refractivity contribution >= 4 is 24.0 Å². The third-order valence-electron chi connectivity index (χ3n) is 3.43. The van der Waals surface area contributed by atoms with Gasteiger partial charge in [-0.05, 0) is 55.7 Å². The summed E-state index contributed by atoms with van der Waals surface area (Å²) in [5.74, 6) is 1.58. The first kappa shape index (κ1) is 16.6. The molecule has 19 heavy (non-hydrogen) atoms.